The molecule has 0 spiro atoms. The molecule has 0 fully saturated rings. The van der Waals surface area contributed by atoms with Gasteiger partial charge in [0.15, 0.2) is 8.32 Å². The van der Waals surface area contributed by atoms with E-state index in [1.165, 1.54) is 7.11 Å². The van der Waals surface area contributed by atoms with Crippen molar-refractivity contribution >= 4 is 20.1 Å². The molecule has 5 heteroatoms. The minimum Gasteiger partial charge on any atom is -0.463 e. The Morgan fingerprint density at radius 3 is 2.04 bits per heavy atom. The van der Waals surface area contributed by atoms with Crippen LogP contribution in [0.5, 0.6) is 0 Å². The molecular formula is C18H28O4Si. The molecule has 0 unspecified atom stereocenters. The van der Waals surface area contributed by atoms with Crippen molar-refractivity contribution in [3.63, 3.8) is 0 Å². The highest BCUT2D eigenvalue weighted by atomic mass is 28.4. The topological polar surface area (TPSA) is 52.6 Å². The minimum absolute atomic E-state index is 0.00800. The molecule has 1 aromatic rings. The highest BCUT2D eigenvalue weighted by Gasteiger charge is 2.42. The standard InChI is InChI=1S/C18H28O4Si/c1-13(15(19)17(20)21-5)16(14-11-9-8-10-12-14)22-23(6,7)18(2,3)4/h8-13,16H,1-7H3/t13-,16-/m0/s1. The molecule has 0 amide bonds. The average molecular weight is 337 g/mol. The molecule has 2 atom stereocenters. The van der Waals surface area contributed by atoms with Gasteiger partial charge in [-0.2, -0.15) is 0 Å². The second kappa shape index (κ2) is 7.40. The number of ketones is 1. The van der Waals surface area contributed by atoms with E-state index in [4.69, 9.17) is 4.43 Å². The number of hydrogen-bond donors (Lipinski definition) is 0. The maximum absolute atomic E-state index is 12.3. The van der Waals surface area contributed by atoms with Crippen molar-refractivity contribution in [3.8, 4) is 0 Å². The van der Waals surface area contributed by atoms with Gasteiger partial charge in [-0.15, -0.1) is 0 Å². The average Bonchev–Trinajstić information content (AvgIpc) is 2.50. The number of esters is 1. The SMILES string of the molecule is COC(=O)C(=O)[C@H](C)[C@H](O[Si](C)(C)C(C)(C)C)c1ccccc1. The van der Waals surface area contributed by atoms with E-state index < -0.39 is 32.1 Å². The Bertz CT molecular complexity index is 546. The Balaban J connectivity index is 3.19. The van der Waals surface area contributed by atoms with Crippen molar-refractivity contribution in [1.29, 1.82) is 0 Å². The fraction of sp³-hybridized carbons (Fsp3) is 0.556. The number of methoxy groups -OCH3 is 1. The lowest BCUT2D eigenvalue weighted by atomic mass is 9.94. The summed E-state index contributed by atoms with van der Waals surface area (Å²) in [7, 11) is -0.887. The van der Waals surface area contributed by atoms with Gasteiger partial charge in [0.2, 0.25) is 5.78 Å². The summed E-state index contributed by atoms with van der Waals surface area (Å²) in [5.41, 5.74) is 0.905. The van der Waals surface area contributed by atoms with E-state index in [0.717, 1.165) is 5.56 Å². The molecular weight excluding hydrogens is 308 g/mol. The number of benzene rings is 1. The summed E-state index contributed by atoms with van der Waals surface area (Å²) in [4.78, 5) is 23.9. The molecule has 0 heterocycles. The highest BCUT2D eigenvalue weighted by Crippen LogP contribution is 2.41. The largest absolute Gasteiger partial charge is 0.463 e. The Hall–Kier alpha value is -1.46. The van der Waals surface area contributed by atoms with Gasteiger partial charge in [-0.05, 0) is 23.7 Å². The molecule has 1 rings (SSSR count). The molecule has 0 aliphatic rings. The third-order valence-electron chi connectivity index (χ3n) is 4.61. The number of rotatable bonds is 6. The normalized spacial score (nSPS) is 14.9. The number of hydrogen-bond acceptors (Lipinski definition) is 4. The van der Waals surface area contributed by atoms with Crippen molar-refractivity contribution in [2.45, 2.75) is 51.9 Å². The molecule has 0 N–H and O–H groups in total. The summed E-state index contributed by atoms with van der Waals surface area (Å²) in [5, 5.41) is 0.00800. The van der Waals surface area contributed by atoms with Crippen LogP contribution in [0.4, 0.5) is 0 Å². The first-order valence-corrected chi connectivity index (χ1v) is 10.8. The van der Waals surface area contributed by atoms with Crippen molar-refractivity contribution < 1.29 is 18.8 Å². The zero-order chi connectivity index (χ0) is 17.8. The monoisotopic (exact) mass is 336 g/mol. The molecule has 0 aliphatic heterocycles. The van der Waals surface area contributed by atoms with Crippen molar-refractivity contribution in [1.82, 2.24) is 0 Å². The molecule has 0 saturated heterocycles. The minimum atomic E-state index is -2.11. The lowest BCUT2D eigenvalue weighted by Crippen LogP contribution is -2.44. The Labute approximate surface area is 140 Å². The maximum atomic E-state index is 12.3. The molecule has 0 saturated carbocycles. The third-order valence-corrected chi connectivity index (χ3v) is 9.07. The van der Waals surface area contributed by atoms with Crippen LogP contribution in [-0.4, -0.2) is 27.2 Å². The van der Waals surface area contributed by atoms with Crippen LogP contribution in [0.1, 0.15) is 39.4 Å². The smallest absolute Gasteiger partial charge is 0.374 e. The van der Waals surface area contributed by atoms with Crippen LogP contribution in [0.3, 0.4) is 0 Å². The van der Waals surface area contributed by atoms with Gasteiger partial charge in [0, 0.05) is 0 Å². The lowest BCUT2D eigenvalue weighted by molar-refractivity contribution is -0.154. The summed E-state index contributed by atoms with van der Waals surface area (Å²) in [6.07, 6.45) is -0.455. The van der Waals surface area contributed by atoms with Crippen LogP contribution >= 0.6 is 0 Å². The first-order chi connectivity index (χ1) is 10.5. The van der Waals surface area contributed by atoms with E-state index in [2.05, 4.69) is 38.6 Å². The molecule has 0 aliphatic carbocycles. The summed E-state index contributed by atoms with van der Waals surface area (Å²) >= 11 is 0. The zero-order valence-electron chi connectivity index (χ0n) is 15.2. The Morgan fingerprint density at radius 1 is 1.09 bits per heavy atom. The van der Waals surface area contributed by atoms with Gasteiger partial charge < -0.3 is 9.16 Å². The van der Waals surface area contributed by atoms with Crippen LogP contribution in [0.25, 0.3) is 0 Å². The maximum Gasteiger partial charge on any atom is 0.374 e. The molecule has 128 valence electrons. The van der Waals surface area contributed by atoms with Crippen LogP contribution in [0, 0.1) is 5.92 Å². The number of ether oxygens (including phenoxy) is 1. The molecule has 0 radical (unpaired) electrons. The van der Waals surface area contributed by atoms with E-state index >= 15 is 0 Å². The summed E-state index contributed by atoms with van der Waals surface area (Å²) in [6.45, 7) is 12.4. The Morgan fingerprint density at radius 2 is 1.61 bits per heavy atom. The van der Waals surface area contributed by atoms with Gasteiger partial charge in [-0.1, -0.05) is 58.0 Å². The second-order valence-electron chi connectivity index (χ2n) is 7.35. The zero-order valence-corrected chi connectivity index (χ0v) is 16.2. The molecule has 0 aromatic heterocycles. The van der Waals surface area contributed by atoms with E-state index in [1.54, 1.807) is 6.92 Å². The summed E-state index contributed by atoms with van der Waals surface area (Å²) < 4.78 is 11.1. The second-order valence-corrected chi connectivity index (χ2v) is 12.1. The van der Waals surface area contributed by atoms with Gasteiger partial charge in [0.25, 0.3) is 0 Å². The van der Waals surface area contributed by atoms with Gasteiger partial charge in [0.1, 0.15) is 0 Å². The first-order valence-electron chi connectivity index (χ1n) is 7.86. The van der Waals surface area contributed by atoms with Crippen molar-refractivity contribution in [2.24, 2.45) is 5.92 Å². The fourth-order valence-electron chi connectivity index (χ4n) is 2.02. The number of carbonyl (C=O) groups excluding carboxylic acids is 2. The van der Waals surface area contributed by atoms with Gasteiger partial charge in [-0.25, -0.2) is 4.79 Å². The molecule has 1 aromatic carbocycles. The fourth-order valence-corrected chi connectivity index (χ4v) is 3.35. The quantitative estimate of drug-likeness (QED) is 0.445. The van der Waals surface area contributed by atoms with E-state index in [0.29, 0.717) is 0 Å². The predicted octanol–water partition coefficient (Wildman–Crippen LogP) is 4.13. The van der Waals surface area contributed by atoms with Crippen LogP contribution in [0.15, 0.2) is 30.3 Å². The number of carbonyl (C=O) groups is 2. The number of Topliss-reactive ketones (excluding diaryl/α,β-unsaturated/α-hetero) is 1. The van der Waals surface area contributed by atoms with Crippen molar-refractivity contribution in [2.75, 3.05) is 7.11 Å². The summed E-state index contributed by atoms with van der Waals surface area (Å²) in [5.74, 6) is -1.98. The highest BCUT2D eigenvalue weighted by molar-refractivity contribution is 6.74. The van der Waals surface area contributed by atoms with Crippen LogP contribution in [0.2, 0.25) is 18.1 Å². The first kappa shape index (κ1) is 19.6. The van der Waals surface area contributed by atoms with E-state index in [1.807, 2.05) is 30.3 Å². The molecule has 4 nitrogen and oxygen atoms in total. The molecule has 23 heavy (non-hydrogen) atoms. The molecule has 0 bridgehead atoms. The van der Waals surface area contributed by atoms with E-state index in [-0.39, 0.29) is 5.04 Å². The van der Waals surface area contributed by atoms with E-state index in [9.17, 15) is 9.59 Å². The third kappa shape index (κ3) is 4.75. The van der Waals surface area contributed by atoms with Gasteiger partial charge in [-0.3, -0.25) is 4.79 Å². The lowest BCUT2D eigenvalue weighted by Gasteiger charge is -2.40. The van der Waals surface area contributed by atoms with Crippen LogP contribution in [-0.2, 0) is 18.8 Å². The van der Waals surface area contributed by atoms with Gasteiger partial charge in [0.05, 0.1) is 19.1 Å². The van der Waals surface area contributed by atoms with Crippen LogP contribution < -0.4 is 0 Å². The Kier molecular flexibility index (Phi) is 6.30. The summed E-state index contributed by atoms with van der Waals surface area (Å²) in [6, 6.07) is 9.59. The van der Waals surface area contributed by atoms with Gasteiger partial charge >= 0.3 is 5.97 Å². The van der Waals surface area contributed by atoms with Crippen molar-refractivity contribution in [3.05, 3.63) is 35.9 Å². The predicted molar refractivity (Wildman–Crippen MR) is 93.7 cm³/mol.